The van der Waals surface area contributed by atoms with Crippen LogP contribution in [0.4, 0.5) is 5.69 Å². The van der Waals surface area contributed by atoms with Gasteiger partial charge in [-0.1, -0.05) is 18.2 Å². The van der Waals surface area contributed by atoms with Gasteiger partial charge in [-0.2, -0.15) is 5.10 Å². The van der Waals surface area contributed by atoms with Gasteiger partial charge in [0.15, 0.2) is 0 Å². The van der Waals surface area contributed by atoms with Gasteiger partial charge in [-0.3, -0.25) is 19.1 Å². The minimum Gasteiger partial charge on any atom is -0.314 e. The third-order valence-electron chi connectivity index (χ3n) is 4.19. The summed E-state index contributed by atoms with van der Waals surface area (Å²) < 4.78 is 4.34. The maximum atomic E-state index is 12.8. The lowest BCUT2D eigenvalue weighted by atomic mass is 10.3. The Morgan fingerprint density at radius 1 is 1.12 bits per heavy atom. The van der Waals surface area contributed by atoms with Gasteiger partial charge >= 0.3 is 0 Å². The van der Waals surface area contributed by atoms with Gasteiger partial charge in [0, 0.05) is 19.7 Å². The summed E-state index contributed by atoms with van der Waals surface area (Å²) in [6.45, 7) is 3.86. The number of hydrogen-bond donors (Lipinski definition) is 1. The number of hydrogen-bond acceptors (Lipinski definition) is 4. The Morgan fingerprint density at radius 2 is 1.81 bits per heavy atom. The second-order valence-corrected chi connectivity index (χ2v) is 5.76. The molecule has 0 bridgehead atoms. The van der Waals surface area contributed by atoms with Gasteiger partial charge < -0.3 is 5.32 Å². The molecule has 0 aliphatic carbocycles. The van der Waals surface area contributed by atoms with E-state index in [1.54, 1.807) is 25.6 Å². The van der Waals surface area contributed by atoms with Crippen LogP contribution < -0.4 is 16.4 Å². The summed E-state index contributed by atoms with van der Waals surface area (Å²) in [5, 5.41) is 6.64. The SMILES string of the molecule is CCn1nc(C(=O)Nc2c(C)n(C)n(-c3ccccc3)c2=O)ccc1=O. The van der Waals surface area contributed by atoms with E-state index in [-0.39, 0.29) is 22.5 Å². The van der Waals surface area contributed by atoms with Gasteiger partial charge in [0.1, 0.15) is 11.4 Å². The van der Waals surface area contributed by atoms with Gasteiger partial charge in [-0.25, -0.2) is 9.36 Å². The van der Waals surface area contributed by atoms with Crippen molar-refractivity contribution in [3.8, 4) is 5.69 Å². The van der Waals surface area contributed by atoms with Crippen LogP contribution in [-0.4, -0.2) is 25.1 Å². The zero-order chi connectivity index (χ0) is 18.8. The number of benzene rings is 1. The largest absolute Gasteiger partial charge is 0.314 e. The van der Waals surface area contributed by atoms with Crippen molar-refractivity contribution in [2.75, 3.05) is 5.32 Å². The first-order chi connectivity index (χ1) is 12.4. The highest BCUT2D eigenvalue weighted by molar-refractivity contribution is 6.02. The van der Waals surface area contributed by atoms with Crippen molar-refractivity contribution in [1.29, 1.82) is 0 Å². The van der Waals surface area contributed by atoms with E-state index in [9.17, 15) is 14.4 Å². The molecule has 1 aromatic carbocycles. The van der Waals surface area contributed by atoms with Crippen LogP contribution >= 0.6 is 0 Å². The molecule has 3 aromatic rings. The van der Waals surface area contributed by atoms with Crippen LogP contribution in [0.2, 0.25) is 0 Å². The Labute approximate surface area is 149 Å². The first-order valence-corrected chi connectivity index (χ1v) is 8.17. The highest BCUT2D eigenvalue weighted by atomic mass is 16.2. The van der Waals surface area contributed by atoms with Crippen molar-refractivity contribution in [2.24, 2.45) is 7.05 Å². The number of aryl methyl sites for hydroxylation is 1. The summed E-state index contributed by atoms with van der Waals surface area (Å²) in [5.74, 6) is -0.543. The van der Waals surface area contributed by atoms with Crippen LogP contribution in [0.1, 0.15) is 23.1 Å². The molecule has 0 unspecified atom stereocenters. The summed E-state index contributed by atoms with van der Waals surface area (Å²) in [6, 6.07) is 11.8. The highest BCUT2D eigenvalue weighted by Gasteiger charge is 2.19. The van der Waals surface area contributed by atoms with Crippen molar-refractivity contribution in [3.05, 3.63) is 74.6 Å². The Hall–Kier alpha value is -3.42. The summed E-state index contributed by atoms with van der Waals surface area (Å²) in [7, 11) is 1.74. The maximum Gasteiger partial charge on any atom is 0.295 e. The van der Waals surface area contributed by atoms with Crippen LogP contribution in [0.25, 0.3) is 5.69 Å². The Bertz CT molecular complexity index is 1080. The molecule has 0 radical (unpaired) electrons. The molecule has 0 fully saturated rings. The zero-order valence-corrected chi connectivity index (χ0v) is 14.8. The van der Waals surface area contributed by atoms with Gasteiger partial charge in [-0.15, -0.1) is 0 Å². The summed E-state index contributed by atoms with van der Waals surface area (Å²) >= 11 is 0. The molecule has 1 amide bonds. The monoisotopic (exact) mass is 353 g/mol. The predicted octanol–water partition coefficient (Wildman–Crippen LogP) is 1.31. The van der Waals surface area contributed by atoms with E-state index in [1.807, 2.05) is 30.3 Å². The molecule has 0 saturated carbocycles. The van der Waals surface area contributed by atoms with Crippen molar-refractivity contribution in [2.45, 2.75) is 20.4 Å². The fourth-order valence-electron chi connectivity index (χ4n) is 2.69. The first-order valence-electron chi connectivity index (χ1n) is 8.17. The van der Waals surface area contributed by atoms with Crippen LogP contribution in [0, 0.1) is 6.92 Å². The maximum absolute atomic E-state index is 12.8. The molecular formula is C18H19N5O3. The molecule has 2 aromatic heterocycles. The number of rotatable bonds is 4. The average Bonchev–Trinajstić information content (AvgIpc) is 2.86. The number of amides is 1. The standard InChI is InChI=1S/C18H19N5O3/c1-4-22-15(24)11-10-14(20-22)17(25)19-16-12(2)21(3)23(18(16)26)13-8-6-5-7-9-13/h5-11H,4H2,1-3H3,(H,19,25). The molecule has 3 rings (SSSR count). The molecule has 1 N–H and O–H groups in total. The number of para-hydroxylation sites is 1. The van der Waals surface area contributed by atoms with Gasteiger partial charge in [-0.05, 0) is 32.0 Å². The minimum atomic E-state index is -0.543. The molecular weight excluding hydrogens is 334 g/mol. The fourth-order valence-corrected chi connectivity index (χ4v) is 2.69. The van der Waals surface area contributed by atoms with Gasteiger partial charge in [0.2, 0.25) is 0 Å². The molecule has 0 spiro atoms. The van der Waals surface area contributed by atoms with Gasteiger partial charge in [0.25, 0.3) is 17.0 Å². The van der Waals surface area contributed by atoms with E-state index in [1.165, 1.54) is 21.5 Å². The predicted molar refractivity (Wildman–Crippen MR) is 97.9 cm³/mol. The number of nitrogens with one attached hydrogen (secondary N) is 1. The number of carbonyl (C=O) groups is 1. The second-order valence-electron chi connectivity index (χ2n) is 5.76. The number of aromatic nitrogens is 4. The van der Waals surface area contributed by atoms with Crippen molar-refractivity contribution in [3.63, 3.8) is 0 Å². The third-order valence-corrected chi connectivity index (χ3v) is 4.19. The molecule has 0 aliphatic heterocycles. The average molecular weight is 353 g/mol. The Kier molecular flexibility index (Phi) is 4.57. The van der Waals surface area contributed by atoms with E-state index in [2.05, 4.69) is 10.4 Å². The van der Waals surface area contributed by atoms with E-state index in [4.69, 9.17) is 0 Å². The zero-order valence-electron chi connectivity index (χ0n) is 14.8. The molecule has 0 aliphatic rings. The first kappa shape index (κ1) is 17.4. The normalized spacial score (nSPS) is 10.7. The lowest BCUT2D eigenvalue weighted by molar-refractivity contribution is 0.101. The summed E-state index contributed by atoms with van der Waals surface area (Å²) in [5.41, 5.74) is 0.926. The van der Waals surface area contributed by atoms with E-state index < -0.39 is 5.91 Å². The smallest absolute Gasteiger partial charge is 0.295 e. The summed E-state index contributed by atoms with van der Waals surface area (Å²) in [6.07, 6.45) is 0. The molecule has 8 nitrogen and oxygen atoms in total. The highest BCUT2D eigenvalue weighted by Crippen LogP contribution is 2.14. The minimum absolute atomic E-state index is 0.0698. The molecule has 134 valence electrons. The van der Waals surface area contributed by atoms with Crippen LogP contribution in [0.3, 0.4) is 0 Å². The van der Waals surface area contributed by atoms with Crippen LogP contribution in [-0.2, 0) is 13.6 Å². The van der Waals surface area contributed by atoms with E-state index >= 15 is 0 Å². The second kappa shape index (κ2) is 6.83. The fraction of sp³-hybridized carbons (Fsp3) is 0.222. The lowest BCUT2D eigenvalue weighted by Crippen LogP contribution is -2.27. The molecule has 8 heteroatoms. The lowest BCUT2D eigenvalue weighted by Gasteiger charge is -2.07. The topological polar surface area (TPSA) is 90.9 Å². The number of nitrogens with zero attached hydrogens (tertiary/aromatic N) is 4. The van der Waals surface area contributed by atoms with E-state index in [0.29, 0.717) is 17.9 Å². The number of carbonyl (C=O) groups excluding carboxylic acids is 1. The van der Waals surface area contributed by atoms with E-state index in [0.717, 1.165) is 0 Å². The number of anilines is 1. The quantitative estimate of drug-likeness (QED) is 0.766. The van der Waals surface area contributed by atoms with Crippen LogP contribution in [0.5, 0.6) is 0 Å². The van der Waals surface area contributed by atoms with Crippen molar-refractivity contribution >= 4 is 11.6 Å². The third kappa shape index (κ3) is 2.97. The Balaban J connectivity index is 2.00. The molecule has 2 heterocycles. The molecule has 0 saturated heterocycles. The van der Waals surface area contributed by atoms with Gasteiger partial charge in [0.05, 0.1) is 11.4 Å². The van der Waals surface area contributed by atoms with Crippen LogP contribution in [0.15, 0.2) is 52.1 Å². The Morgan fingerprint density at radius 3 is 2.46 bits per heavy atom. The van der Waals surface area contributed by atoms with Crippen molar-refractivity contribution < 1.29 is 4.79 Å². The molecule has 0 atom stereocenters. The van der Waals surface area contributed by atoms with Crippen molar-refractivity contribution in [1.82, 2.24) is 19.1 Å². The molecule has 26 heavy (non-hydrogen) atoms. The summed E-state index contributed by atoms with van der Waals surface area (Å²) in [4.78, 5) is 36.9.